The molecule has 0 atom stereocenters. The summed E-state index contributed by atoms with van der Waals surface area (Å²) in [6.07, 6.45) is 5.68. The summed E-state index contributed by atoms with van der Waals surface area (Å²) in [7, 11) is 0. The van der Waals surface area contributed by atoms with Crippen molar-refractivity contribution in [2.75, 3.05) is 19.8 Å². The summed E-state index contributed by atoms with van der Waals surface area (Å²) < 4.78 is 5.39. The number of halogens is 2. The van der Waals surface area contributed by atoms with Gasteiger partial charge in [0, 0.05) is 37.1 Å². The predicted molar refractivity (Wildman–Crippen MR) is 78.4 cm³/mol. The summed E-state index contributed by atoms with van der Waals surface area (Å²) in [5.41, 5.74) is 0.376. The van der Waals surface area contributed by atoms with E-state index >= 15 is 0 Å². The third-order valence-electron chi connectivity index (χ3n) is 2.58. The quantitative estimate of drug-likeness (QED) is 0.749. The summed E-state index contributed by atoms with van der Waals surface area (Å²) >= 11 is 11.6. The smallest absolute Gasteiger partial charge is 0.258 e. The van der Waals surface area contributed by atoms with E-state index < -0.39 is 0 Å². The molecule has 2 rings (SSSR count). The monoisotopic (exact) mass is 313 g/mol. The Hall–Kier alpha value is -1.43. The average molecular weight is 314 g/mol. The van der Waals surface area contributed by atoms with Crippen LogP contribution in [0.25, 0.3) is 0 Å². The van der Waals surface area contributed by atoms with Crippen LogP contribution in [0.15, 0.2) is 29.5 Å². The zero-order valence-electron chi connectivity index (χ0n) is 10.6. The zero-order chi connectivity index (χ0) is 14.4. The van der Waals surface area contributed by atoms with Gasteiger partial charge in [-0.3, -0.25) is 9.79 Å². The summed E-state index contributed by atoms with van der Waals surface area (Å²) in [4.78, 5) is 21.8. The molecular weight excluding hydrogens is 301 g/mol. The normalized spacial score (nSPS) is 16.2. The molecule has 0 aliphatic carbocycles. The van der Waals surface area contributed by atoms with Crippen LogP contribution in [0.2, 0.25) is 10.3 Å². The minimum atomic E-state index is -0.230. The van der Waals surface area contributed by atoms with Gasteiger partial charge in [0.15, 0.2) is 0 Å². The zero-order valence-corrected chi connectivity index (χ0v) is 12.1. The van der Waals surface area contributed by atoms with Gasteiger partial charge < -0.3 is 9.64 Å². The molecule has 0 spiro atoms. The lowest BCUT2D eigenvalue weighted by Gasteiger charge is -2.18. The van der Waals surface area contributed by atoms with Crippen molar-refractivity contribution in [1.82, 2.24) is 9.88 Å². The lowest BCUT2D eigenvalue weighted by atomic mass is 10.2. The molecule has 0 N–H and O–H groups in total. The van der Waals surface area contributed by atoms with E-state index in [-0.39, 0.29) is 16.2 Å². The number of carbonyl (C=O) groups excluding carboxylic acids is 1. The maximum Gasteiger partial charge on any atom is 0.258 e. The van der Waals surface area contributed by atoms with Crippen LogP contribution in [0.4, 0.5) is 0 Å². The third-order valence-corrected chi connectivity index (χ3v) is 2.96. The van der Waals surface area contributed by atoms with Crippen LogP contribution < -0.4 is 0 Å². The van der Waals surface area contributed by atoms with E-state index in [1.807, 2.05) is 0 Å². The summed E-state index contributed by atoms with van der Waals surface area (Å²) in [6, 6.07) is 2.96. The van der Waals surface area contributed by atoms with Gasteiger partial charge in [-0.25, -0.2) is 4.98 Å². The maximum atomic E-state index is 12.4. The lowest BCUT2D eigenvalue weighted by Crippen LogP contribution is -2.29. The Bertz CT molecular complexity index is 526. The highest BCUT2D eigenvalue weighted by atomic mass is 35.5. The molecule has 7 heteroatoms. The van der Waals surface area contributed by atoms with E-state index in [1.54, 1.807) is 18.6 Å². The molecule has 0 bridgehead atoms. The molecule has 0 fully saturated rings. The van der Waals surface area contributed by atoms with Gasteiger partial charge >= 0.3 is 0 Å². The number of aromatic nitrogens is 1. The number of carbonyl (C=O) groups is 1. The minimum absolute atomic E-state index is 0.181. The summed E-state index contributed by atoms with van der Waals surface area (Å²) in [5, 5.41) is 0.361. The van der Waals surface area contributed by atoms with Crippen molar-refractivity contribution in [1.29, 1.82) is 0 Å². The van der Waals surface area contributed by atoms with Gasteiger partial charge in [0.25, 0.3) is 5.91 Å². The third kappa shape index (κ3) is 4.30. The molecule has 0 unspecified atom stereocenters. The Balaban J connectivity index is 2.20. The van der Waals surface area contributed by atoms with Crippen LogP contribution in [0.5, 0.6) is 0 Å². The first-order valence-corrected chi connectivity index (χ1v) is 6.82. The van der Waals surface area contributed by atoms with Crippen molar-refractivity contribution in [2.45, 2.75) is 6.42 Å². The Labute approximate surface area is 126 Å². The minimum Gasteiger partial charge on any atom is -0.379 e. The fourth-order valence-corrected chi connectivity index (χ4v) is 2.11. The second-order valence-corrected chi connectivity index (χ2v) is 4.81. The molecule has 0 saturated carbocycles. The Morgan fingerprint density at radius 1 is 1.25 bits per heavy atom. The largest absolute Gasteiger partial charge is 0.379 e. The van der Waals surface area contributed by atoms with E-state index in [1.165, 1.54) is 17.0 Å². The second kappa shape index (κ2) is 7.38. The number of amides is 1. The van der Waals surface area contributed by atoms with Crippen molar-refractivity contribution < 1.29 is 9.53 Å². The molecule has 5 nitrogen and oxygen atoms in total. The van der Waals surface area contributed by atoms with Crippen molar-refractivity contribution in [2.24, 2.45) is 4.99 Å². The van der Waals surface area contributed by atoms with Crippen molar-refractivity contribution in [3.05, 3.63) is 40.4 Å². The van der Waals surface area contributed by atoms with Gasteiger partial charge in [0.1, 0.15) is 10.3 Å². The number of rotatable bonds is 1. The Kier molecular flexibility index (Phi) is 5.52. The number of nitrogens with zero attached hydrogens (tertiary/aromatic N) is 3. The highest BCUT2D eigenvalue weighted by Crippen LogP contribution is 2.16. The fraction of sp³-hybridized carbons (Fsp3) is 0.308. The molecule has 20 heavy (non-hydrogen) atoms. The van der Waals surface area contributed by atoms with Gasteiger partial charge in [-0.2, -0.15) is 0 Å². The molecule has 2 heterocycles. The number of ether oxygens (including phenoxy) is 1. The molecular formula is C13H13Cl2N3O2. The second-order valence-electron chi connectivity index (χ2n) is 4.03. The van der Waals surface area contributed by atoms with Crippen LogP contribution in [-0.4, -0.2) is 41.8 Å². The molecule has 1 aromatic rings. The first-order chi connectivity index (χ1) is 9.66. The van der Waals surface area contributed by atoms with Crippen molar-refractivity contribution >= 4 is 35.3 Å². The highest BCUT2D eigenvalue weighted by molar-refractivity contribution is 6.33. The van der Waals surface area contributed by atoms with Crippen molar-refractivity contribution in [3.8, 4) is 0 Å². The standard InChI is InChI=1S/C13H13Cl2N3O2/c14-11-8-10(9-12(15)17-11)13(19)18-4-3-16-2-1-6-20-7-5-18/h2-4,8-9H,1,5-7H2. The van der Waals surface area contributed by atoms with Gasteiger partial charge in [-0.05, 0) is 12.1 Å². The van der Waals surface area contributed by atoms with Gasteiger partial charge in [-0.1, -0.05) is 23.2 Å². The lowest BCUT2D eigenvalue weighted by molar-refractivity contribution is 0.0739. The molecule has 1 amide bonds. The molecule has 1 aliphatic rings. The highest BCUT2D eigenvalue weighted by Gasteiger charge is 2.15. The SMILES string of the molecule is O=C(c1cc(Cl)nc(Cl)c1)N1C=CN=CCCOCC1. The molecule has 1 aliphatic heterocycles. The summed E-state index contributed by atoms with van der Waals surface area (Å²) in [5.74, 6) is -0.230. The van der Waals surface area contributed by atoms with Crippen LogP contribution >= 0.6 is 23.2 Å². The predicted octanol–water partition coefficient (Wildman–Crippen LogP) is 2.79. The van der Waals surface area contributed by atoms with Crippen LogP contribution in [-0.2, 0) is 4.74 Å². The molecule has 0 saturated heterocycles. The van der Waals surface area contributed by atoms with E-state index in [2.05, 4.69) is 9.98 Å². The fourth-order valence-electron chi connectivity index (χ4n) is 1.65. The number of aliphatic imine (C=N–C) groups is 1. The number of pyridine rings is 1. The summed E-state index contributed by atoms with van der Waals surface area (Å²) in [6.45, 7) is 1.48. The van der Waals surface area contributed by atoms with Gasteiger partial charge in [-0.15, -0.1) is 0 Å². The molecule has 106 valence electrons. The molecule has 0 aromatic carbocycles. The number of hydrogen-bond donors (Lipinski definition) is 0. The average Bonchev–Trinajstić information content (AvgIpc) is 2.43. The van der Waals surface area contributed by atoms with Gasteiger partial charge in [0.05, 0.1) is 13.2 Å². The first-order valence-electron chi connectivity index (χ1n) is 6.07. The van der Waals surface area contributed by atoms with Crippen molar-refractivity contribution in [3.63, 3.8) is 0 Å². The van der Waals surface area contributed by atoms with Crippen LogP contribution in [0, 0.1) is 0 Å². The van der Waals surface area contributed by atoms with Crippen LogP contribution in [0.3, 0.4) is 0 Å². The van der Waals surface area contributed by atoms with Gasteiger partial charge in [0.2, 0.25) is 0 Å². The number of hydrogen-bond acceptors (Lipinski definition) is 4. The Morgan fingerprint density at radius 2 is 2.00 bits per heavy atom. The molecule has 0 radical (unpaired) electrons. The van der Waals surface area contributed by atoms with Crippen LogP contribution in [0.1, 0.15) is 16.8 Å². The maximum absolute atomic E-state index is 12.4. The van der Waals surface area contributed by atoms with E-state index in [9.17, 15) is 4.79 Å². The van der Waals surface area contributed by atoms with E-state index in [4.69, 9.17) is 27.9 Å². The topological polar surface area (TPSA) is 54.8 Å². The van der Waals surface area contributed by atoms with E-state index in [0.29, 0.717) is 25.3 Å². The van der Waals surface area contributed by atoms with E-state index in [0.717, 1.165) is 6.42 Å². The molecule has 1 aromatic heterocycles. The Morgan fingerprint density at radius 3 is 2.75 bits per heavy atom. The first kappa shape index (κ1) is 15.0.